The predicted molar refractivity (Wildman–Crippen MR) is 124 cm³/mol. The summed E-state index contributed by atoms with van der Waals surface area (Å²) >= 11 is 3.45. The number of carbonyl (C=O) groups excluding carboxylic acids is 2. The third kappa shape index (κ3) is 6.88. The van der Waals surface area contributed by atoms with Crippen molar-refractivity contribution in [2.75, 3.05) is 34.5 Å². The molecule has 0 atom stereocenters. The molecule has 2 rings (SSSR count). The number of benzene rings is 2. The number of ether oxygens (including phenoxy) is 4. The van der Waals surface area contributed by atoms with E-state index in [1.165, 1.54) is 26.5 Å². The Labute approximate surface area is 195 Å². The highest BCUT2D eigenvalue weighted by atomic mass is 79.9. The molecule has 0 fully saturated rings. The summed E-state index contributed by atoms with van der Waals surface area (Å²) in [6.45, 7) is 2.33. The van der Waals surface area contributed by atoms with Crippen molar-refractivity contribution < 1.29 is 28.5 Å². The Kier molecular flexibility index (Phi) is 9.80. The van der Waals surface area contributed by atoms with Gasteiger partial charge in [0.15, 0.2) is 23.0 Å². The van der Waals surface area contributed by atoms with Crippen molar-refractivity contribution in [1.82, 2.24) is 10.7 Å². The fourth-order valence-electron chi connectivity index (χ4n) is 2.62. The molecule has 0 spiro atoms. The molecule has 172 valence electrons. The van der Waals surface area contributed by atoms with Gasteiger partial charge in [0, 0.05) is 5.56 Å². The molecule has 0 unspecified atom stereocenters. The highest BCUT2D eigenvalue weighted by molar-refractivity contribution is 9.10. The minimum absolute atomic E-state index is 0.249. The maximum atomic E-state index is 12.3. The minimum Gasteiger partial charge on any atom is -0.493 e. The van der Waals surface area contributed by atoms with E-state index in [2.05, 4.69) is 31.8 Å². The third-order valence-electron chi connectivity index (χ3n) is 4.16. The monoisotopic (exact) mass is 507 g/mol. The van der Waals surface area contributed by atoms with E-state index in [0.717, 1.165) is 6.42 Å². The van der Waals surface area contributed by atoms with Crippen LogP contribution >= 0.6 is 15.9 Å². The van der Waals surface area contributed by atoms with E-state index in [4.69, 9.17) is 18.9 Å². The zero-order valence-electron chi connectivity index (χ0n) is 18.4. The lowest BCUT2D eigenvalue weighted by molar-refractivity contribution is -0.120. The van der Waals surface area contributed by atoms with Crippen molar-refractivity contribution in [2.24, 2.45) is 5.10 Å². The van der Waals surface area contributed by atoms with Gasteiger partial charge in [-0.25, -0.2) is 5.43 Å². The average Bonchev–Trinajstić information content (AvgIpc) is 2.80. The quantitative estimate of drug-likeness (QED) is 0.357. The van der Waals surface area contributed by atoms with Crippen LogP contribution in [0.25, 0.3) is 0 Å². The van der Waals surface area contributed by atoms with Crippen molar-refractivity contribution in [1.29, 1.82) is 0 Å². The molecule has 2 amide bonds. The number of hydrogen-bond donors (Lipinski definition) is 2. The van der Waals surface area contributed by atoms with Crippen molar-refractivity contribution in [3.63, 3.8) is 0 Å². The molecule has 2 aromatic carbocycles. The van der Waals surface area contributed by atoms with E-state index in [-0.39, 0.29) is 6.54 Å². The number of nitrogens with zero attached hydrogens (tertiary/aromatic N) is 1. The van der Waals surface area contributed by atoms with Crippen molar-refractivity contribution in [2.45, 2.75) is 13.3 Å². The van der Waals surface area contributed by atoms with E-state index in [1.807, 2.05) is 6.92 Å². The van der Waals surface area contributed by atoms with Crippen LogP contribution in [0.15, 0.2) is 39.9 Å². The molecule has 10 heteroatoms. The Morgan fingerprint density at radius 3 is 2.41 bits per heavy atom. The van der Waals surface area contributed by atoms with Crippen LogP contribution in [0.4, 0.5) is 0 Å². The predicted octanol–water partition coefficient (Wildman–Crippen LogP) is 3.14. The van der Waals surface area contributed by atoms with Gasteiger partial charge in [0.2, 0.25) is 0 Å². The maximum Gasteiger partial charge on any atom is 0.259 e. The van der Waals surface area contributed by atoms with E-state index in [9.17, 15) is 9.59 Å². The first-order valence-electron chi connectivity index (χ1n) is 9.75. The first-order valence-corrected chi connectivity index (χ1v) is 10.5. The number of hydrogen-bond acceptors (Lipinski definition) is 7. The van der Waals surface area contributed by atoms with Crippen LogP contribution in [-0.2, 0) is 4.79 Å². The van der Waals surface area contributed by atoms with Gasteiger partial charge in [-0.05, 0) is 58.2 Å². The molecule has 0 radical (unpaired) electrons. The average molecular weight is 508 g/mol. The molecule has 0 aliphatic heterocycles. The summed E-state index contributed by atoms with van der Waals surface area (Å²) < 4.78 is 22.1. The van der Waals surface area contributed by atoms with Gasteiger partial charge < -0.3 is 24.3 Å². The molecule has 0 aliphatic carbocycles. The molecule has 0 aliphatic rings. The van der Waals surface area contributed by atoms with Crippen LogP contribution in [0.1, 0.15) is 29.3 Å². The Bertz CT molecular complexity index is 980. The van der Waals surface area contributed by atoms with Gasteiger partial charge in [0.05, 0.1) is 45.2 Å². The molecule has 0 heterocycles. The Hall–Kier alpha value is -3.27. The Morgan fingerprint density at radius 2 is 1.75 bits per heavy atom. The summed E-state index contributed by atoms with van der Waals surface area (Å²) in [6.07, 6.45) is 2.33. The fourth-order valence-corrected chi connectivity index (χ4v) is 3.19. The van der Waals surface area contributed by atoms with Gasteiger partial charge in [-0.2, -0.15) is 5.10 Å². The van der Waals surface area contributed by atoms with E-state index in [1.54, 1.807) is 31.4 Å². The minimum atomic E-state index is -0.482. The van der Waals surface area contributed by atoms with Gasteiger partial charge in [0.25, 0.3) is 11.8 Å². The number of nitrogens with one attached hydrogen (secondary N) is 2. The van der Waals surface area contributed by atoms with Gasteiger partial charge in [-0.1, -0.05) is 6.92 Å². The molecule has 2 aromatic rings. The second kappa shape index (κ2) is 12.6. The number of hydrazone groups is 1. The summed E-state index contributed by atoms with van der Waals surface area (Å²) in [5.41, 5.74) is 3.39. The molecular formula is C22H26BrN3O6. The van der Waals surface area contributed by atoms with Crippen LogP contribution in [0.3, 0.4) is 0 Å². The molecule has 0 saturated heterocycles. The molecule has 0 aromatic heterocycles. The lowest BCUT2D eigenvalue weighted by Crippen LogP contribution is -2.34. The molecule has 9 nitrogen and oxygen atoms in total. The summed E-state index contributed by atoms with van der Waals surface area (Å²) in [5.74, 6) is 1.16. The van der Waals surface area contributed by atoms with Gasteiger partial charge in [-0.3, -0.25) is 9.59 Å². The smallest absolute Gasteiger partial charge is 0.259 e. The number of carbonyl (C=O) groups is 2. The van der Waals surface area contributed by atoms with E-state index >= 15 is 0 Å². The summed E-state index contributed by atoms with van der Waals surface area (Å²) in [7, 11) is 4.53. The SMILES string of the molecule is CCCOc1c(Br)cc(/C=N\NC(=O)CNC(=O)c2ccc(OC)c(OC)c2)cc1OC. The van der Waals surface area contributed by atoms with Gasteiger partial charge in [0.1, 0.15) is 0 Å². The lowest BCUT2D eigenvalue weighted by atomic mass is 10.2. The van der Waals surface area contributed by atoms with Crippen LogP contribution in [0.5, 0.6) is 23.0 Å². The van der Waals surface area contributed by atoms with Crippen molar-refractivity contribution >= 4 is 34.0 Å². The standard InChI is InChI=1S/C22H26BrN3O6/c1-5-8-32-21-16(23)9-14(10-19(21)31-4)12-25-26-20(27)13-24-22(28)15-6-7-17(29-2)18(11-15)30-3/h6-7,9-12H,5,8,13H2,1-4H3,(H,24,28)(H,26,27)/b25-12-. The van der Waals surface area contributed by atoms with Crippen LogP contribution in [-0.4, -0.2) is 52.5 Å². The highest BCUT2D eigenvalue weighted by Gasteiger charge is 2.13. The zero-order chi connectivity index (χ0) is 23.5. The van der Waals surface area contributed by atoms with Crippen molar-refractivity contribution in [3.8, 4) is 23.0 Å². The lowest BCUT2D eigenvalue weighted by Gasteiger charge is -2.12. The van der Waals surface area contributed by atoms with E-state index < -0.39 is 11.8 Å². The number of methoxy groups -OCH3 is 3. The van der Waals surface area contributed by atoms with Crippen LogP contribution < -0.4 is 29.7 Å². The van der Waals surface area contributed by atoms with E-state index in [0.29, 0.717) is 45.2 Å². The van der Waals surface area contributed by atoms with Gasteiger partial charge in [-0.15, -0.1) is 0 Å². The molecule has 0 saturated carbocycles. The summed E-state index contributed by atoms with van der Waals surface area (Å²) in [6, 6.07) is 8.25. The number of amides is 2. The first kappa shape index (κ1) is 25.0. The largest absolute Gasteiger partial charge is 0.493 e. The Morgan fingerprint density at radius 1 is 1.03 bits per heavy atom. The zero-order valence-corrected chi connectivity index (χ0v) is 19.9. The van der Waals surface area contributed by atoms with Crippen LogP contribution in [0.2, 0.25) is 0 Å². The topological polar surface area (TPSA) is 107 Å². The molecule has 0 bridgehead atoms. The van der Waals surface area contributed by atoms with Crippen LogP contribution in [0, 0.1) is 0 Å². The normalized spacial score (nSPS) is 10.5. The number of halogens is 1. The molecule has 2 N–H and O–H groups in total. The fraction of sp³-hybridized carbons (Fsp3) is 0.318. The first-order chi connectivity index (χ1) is 15.4. The maximum absolute atomic E-state index is 12.3. The second-order valence-corrected chi connectivity index (χ2v) is 7.28. The summed E-state index contributed by atoms with van der Waals surface area (Å²) in [5, 5.41) is 6.45. The highest BCUT2D eigenvalue weighted by Crippen LogP contribution is 2.36. The van der Waals surface area contributed by atoms with Crippen molar-refractivity contribution in [3.05, 3.63) is 45.9 Å². The Balaban J connectivity index is 1.92. The molecular weight excluding hydrogens is 482 g/mol. The summed E-state index contributed by atoms with van der Waals surface area (Å²) in [4.78, 5) is 24.3. The molecule has 32 heavy (non-hydrogen) atoms. The second-order valence-electron chi connectivity index (χ2n) is 6.43. The third-order valence-corrected chi connectivity index (χ3v) is 4.75. The van der Waals surface area contributed by atoms with Gasteiger partial charge >= 0.3 is 0 Å². The number of rotatable bonds is 11.